The molecule has 5 atom stereocenters. The first-order valence-electron chi connectivity index (χ1n) is 18.3. The van der Waals surface area contributed by atoms with E-state index in [1.165, 1.54) is 37.4 Å². The summed E-state index contributed by atoms with van der Waals surface area (Å²) in [5, 5.41) is 18.1. The second kappa shape index (κ2) is 15.5. The van der Waals surface area contributed by atoms with Crippen LogP contribution in [-0.4, -0.2) is 55.2 Å². The predicted octanol–water partition coefficient (Wildman–Crippen LogP) is 6.97. The van der Waals surface area contributed by atoms with Crippen molar-refractivity contribution in [3.63, 3.8) is 0 Å². The SMILES string of the molecule is COc1ccc(-c2cc(C(NC(=O)C3CCOCC3)C(=O)O)ccc2F)cc1C(=O)N[C@@H]1C2CCC(C2=C=C2CC2)[C@@H]1C(=O)Nc1ccc(F)c(C(F)(F)F)c1. The van der Waals surface area contributed by atoms with Gasteiger partial charge in [0.1, 0.15) is 17.4 Å². The second-order valence-electron chi connectivity index (χ2n) is 14.5. The van der Waals surface area contributed by atoms with Crippen molar-refractivity contribution >= 4 is 29.4 Å². The van der Waals surface area contributed by atoms with E-state index in [1.807, 2.05) is 0 Å². The van der Waals surface area contributed by atoms with Gasteiger partial charge in [-0.15, -0.1) is 5.73 Å². The van der Waals surface area contributed by atoms with Crippen LogP contribution in [0.3, 0.4) is 0 Å². The van der Waals surface area contributed by atoms with Crippen molar-refractivity contribution < 1.29 is 55.7 Å². The summed E-state index contributed by atoms with van der Waals surface area (Å²) in [4.78, 5) is 53.3. The summed E-state index contributed by atoms with van der Waals surface area (Å²) < 4.78 is 80.7. The van der Waals surface area contributed by atoms with Crippen molar-refractivity contribution in [3.8, 4) is 16.9 Å². The van der Waals surface area contributed by atoms with E-state index in [4.69, 9.17) is 9.47 Å². The molecule has 3 unspecified atom stereocenters. The summed E-state index contributed by atoms with van der Waals surface area (Å²) >= 11 is 0. The average Bonchev–Trinajstić information content (AvgIpc) is 3.85. The van der Waals surface area contributed by atoms with Crippen LogP contribution in [0.15, 0.2) is 71.5 Å². The molecular weight excluding hydrogens is 741 g/mol. The lowest BCUT2D eigenvalue weighted by Gasteiger charge is -2.30. The molecule has 294 valence electrons. The van der Waals surface area contributed by atoms with Gasteiger partial charge < -0.3 is 30.5 Å². The molecule has 3 aromatic carbocycles. The van der Waals surface area contributed by atoms with Crippen molar-refractivity contribution in [2.75, 3.05) is 25.6 Å². The molecule has 4 fully saturated rings. The average molecular weight is 780 g/mol. The van der Waals surface area contributed by atoms with E-state index < -0.39 is 71.0 Å². The van der Waals surface area contributed by atoms with Crippen molar-refractivity contribution in [1.29, 1.82) is 0 Å². The number of hydrogen-bond acceptors (Lipinski definition) is 6. The third-order valence-corrected chi connectivity index (χ3v) is 11.0. The van der Waals surface area contributed by atoms with E-state index in [9.17, 15) is 41.8 Å². The number of benzene rings is 3. The number of rotatable bonds is 10. The molecule has 56 heavy (non-hydrogen) atoms. The maximum absolute atomic E-state index is 15.5. The first-order chi connectivity index (χ1) is 26.7. The fourth-order valence-electron chi connectivity index (χ4n) is 8.08. The number of nitrogens with one attached hydrogen (secondary N) is 3. The zero-order chi connectivity index (χ0) is 39.9. The fraction of sp³-hybridized carbons (Fsp3) is 0.390. The van der Waals surface area contributed by atoms with Gasteiger partial charge in [0.2, 0.25) is 11.8 Å². The molecular formula is C41H38F5N3O7. The Balaban J connectivity index is 1.17. The number of carboxylic acids is 1. The van der Waals surface area contributed by atoms with Crippen molar-refractivity contribution in [1.82, 2.24) is 10.6 Å². The highest BCUT2D eigenvalue weighted by molar-refractivity contribution is 6.00. The highest BCUT2D eigenvalue weighted by atomic mass is 19.4. The number of carbonyl (C=O) groups excluding carboxylic acids is 3. The van der Waals surface area contributed by atoms with Crippen LogP contribution in [0, 0.1) is 35.3 Å². The first kappa shape index (κ1) is 38.7. The molecule has 4 N–H and O–H groups in total. The molecule has 3 amide bonds. The minimum Gasteiger partial charge on any atom is -0.496 e. The van der Waals surface area contributed by atoms with Crippen molar-refractivity contribution in [2.45, 2.75) is 56.8 Å². The number of alkyl halides is 3. The van der Waals surface area contributed by atoms with E-state index in [0.29, 0.717) is 51.0 Å². The summed E-state index contributed by atoms with van der Waals surface area (Å²) in [5.74, 6) is -7.26. The lowest BCUT2D eigenvalue weighted by molar-refractivity contribution is -0.143. The summed E-state index contributed by atoms with van der Waals surface area (Å²) in [6, 6.07) is 7.82. The van der Waals surface area contributed by atoms with Gasteiger partial charge in [0, 0.05) is 48.3 Å². The highest BCUT2D eigenvalue weighted by Crippen LogP contribution is 2.53. The molecule has 1 heterocycles. The van der Waals surface area contributed by atoms with E-state index in [2.05, 4.69) is 21.7 Å². The zero-order valence-corrected chi connectivity index (χ0v) is 30.1. The molecule has 7 rings (SSSR count). The normalized spacial score (nSPS) is 22.2. The minimum atomic E-state index is -4.99. The van der Waals surface area contributed by atoms with Crippen LogP contribution < -0.4 is 20.7 Å². The lowest BCUT2D eigenvalue weighted by atomic mass is 9.83. The molecule has 2 bridgehead atoms. The molecule has 1 saturated heterocycles. The van der Waals surface area contributed by atoms with Gasteiger partial charge in [0.25, 0.3) is 5.91 Å². The Morgan fingerprint density at radius 3 is 2.29 bits per heavy atom. The molecule has 15 heteroatoms. The Labute approximate surface area is 318 Å². The topological polar surface area (TPSA) is 143 Å². The van der Waals surface area contributed by atoms with Gasteiger partial charge in [0.15, 0.2) is 6.04 Å². The second-order valence-corrected chi connectivity index (χ2v) is 14.5. The van der Waals surface area contributed by atoms with E-state index >= 15 is 4.39 Å². The number of ether oxygens (including phenoxy) is 2. The monoisotopic (exact) mass is 779 g/mol. The van der Waals surface area contributed by atoms with Crippen LogP contribution in [0.1, 0.15) is 66.1 Å². The third kappa shape index (κ3) is 7.92. The molecule has 3 aliphatic carbocycles. The van der Waals surface area contributed by atoms with Crippen LogP contribution in [-0.2, 0) is 25.3 Å². The van der Waals surface area contributed by atoms with Gasteiger partial charge in [-0.2, -0.15) is 13.2 Å². The number of halogens is 5. The minimum absolute atomic E-state index is 0.0289. The summed E-state index contributed by atoms with van der Waals surface area (Å²) in [6.45, 7) is 0.745. The van der Waals surface area contributed by atoms with Gasteiger partial charge >= 0.3 is 12.1 Å². The first-order valence-corrected chi connectivity index (χ1v) is 18.3. The number of hydrogen-bond donors (Lipinski definition) is 4. The van der Waals surface area contributed by atoms with E-state index in [-0.39, 0.29) is 45.5 Å². The van der Waals surface area contributed by atoms with E-state index in [1.54, 1.807) is 0 Å². The molecule has 1 aliphatic heterocycles. The Hall–Kier alpha value is -5.53. The predicted molar refractivity (Wildman–Crippen MR) is 191 cm³/mol. The molecule has 0 radical (unpaired) electrons. The van der Waals surface area contributed by atoms with E-state index in [0.717, 1.165) is 36.1 Å². The van der Waals surface area contributed by atoms with Crippen LogP contribution in [0.25, 0.3) is 11.1 Å². The number of fused-ring (bicyclic) bond motifs is 2. The molecule has 10 nitrogen and oxygen atoms in total. The third-order valence-electron chi connectivity index (χ3n) is 11.0. The van der Waals surface area contributed by atoms with Crippen LogP contribution in [0.2, 0.25) is 0 Å². The van der Waals surface area contributed by atoms with Gasteiger partial charge in [-0.3, -0.25) is 14.4 Å². The largest absolute Gasteiger partial charge is 0.496 e. The Morgan fingerprint density at radius 1 is 0.893 bits per heavy atom. The van der Waals surface area contributed by atoms with Gasteiger partial charge in [0.05, 0.1) is 24.2 Å². The highest BCUT2D eigenvalue weighted by Gasteiger charge is 2.55. The van der Waals surface area contributed by atoms with Crippen molar-refractivity contribution in [2.24, 2.45) is 23.7 Å². The lowest BCUT2D eigenvalue weighted by Crippen LogP contribution is -2.48. The number of anilines is 1. The summed E-state index contributed by atoms with van der Waals surface area (Å²) in [6.07, 6.45) is -1.21. The summed E-state index contributed by atoms with van der Waals surface area (Å²) in [5.41, 5.74) is 3.77. The molecule has 4 aliphatic rings. The number of aliphatic carboxylic acids is 1. The van der Waals surface area contributed by atoms with Gasteiger partial charge in [-0.1, -0.05) is 12.1 Å². The fourth-order valence-corrected chi connectivity index (χ4v) is 8.08. The van der Waals surface area contributed by atoms with Crippen molar-refractivity contribution in [3.05, 3.63) is 99.8 Å². The number of carbonyl (C=O) groups is 4. The number of amides is 3. The smallest absolute Gasteiger partial charge is 0.419 e. The molecule has 3 aromatic rings. The maximum atomic E-state index is 15.5. The molecule has 0 spiro atoms. The van der Waals surface area contributed by atoms with Crippen LogP contribution in [0.4, 0.5) is 27.6 Å². The zero-order valence-electron chi connectivity index (χ0n) is 30.1. The molecule has 0 aromatic heterocycles. The van der Waals surface area contributed by atoms with Crippen LogP contribution >= 0.6 is 0 Å². The van der Waals surface area contributed by atoms with Crippen LogP contribution in [0.5, 0.6) is 5.75 Å². The Morgan fingerprint density at radius 2 is 1.61 bits per heavy atom. The number of methoxy groups -OCH3 is 1. The van der Waals surface area contributed by atoms with Gasteiger partial charge in [-0.25, -0.2) is 13.6 Å². The molecule has 3 saturated carbocycles. The maximum Gasteiger partial charge on any atom is 0.419 e. The quantitative estimate of drug-likeness (QED) is 0.129. The Bertz CT molecular complexity index is 2150. The summed E-state index contributed by atoms with van der Waals surface area (Å²) in [7, 11) is 1.33. The standard InChI is InChI=1S/C41H38F5N3O7/c1-55-33-11-5-22(27-18-23(4-9-31(27)42)35(40(53)54)48-37(50)21-12-14-56-15-13-21)17-29(33)38(51)49-36-26-8-7-25(28(26)16-20-2-3-20)34(36)39(52)47-24-6-10-32(43)30(19-24)41(44,45)46/h4-6,9-11,17-19,21,25-26,34-36H,2-3,7-8,12-15H2,1H3,(H,47,52)(H,48,50)(H,49,51)(H,53,54)/t25?,26?,34-,35?,36+/m0/s1. The Kier molecular flexibility index (Phi) is 10.8. The number of carboxylic acid groups (broad SMARTS) is 1. The van der Waals surface area contributed by atoms with Gasteiger partial charge in [-0.05, 0) is 103 Å².